The Morgan fingerprint density at radius 1 is 1.11 bits per heavy atom. The Morgan fingerprint density at radius 2 is 1.81 bits per heavy atom. The first-order valence-electron chi connectivity index (χ1n) is 11.2. The number of hydrogen-bond acceptors (Lipinski definition) is 8. The lowest BCUT2D eigenvalue weighted by atomic mass is 9.98. The number of carboxylic acids is 1. The van der Waals surface area contributed by atoms with Gasteiger partial charge in [-0.15, -0.1) is 22.6 Å². The molecule has 0 saturated heterocycles. The van der Waals surface area contributed by atoms with Gasteiger partial charge in [0.25, 0.3) is 0 Å². The summed E-state index contributed by atoms with van der Waals surface area (Å²) in [6.07, 6.45) is 0.0764. The van der Waals surface area contributed by atoms with E-state index in [1.807, 2.05) is 67.3 Å². The van der Waals surface area contributed by atoms with Crippen molar-refractivity contribution in [1.82, 2.24) is 30.6 Å². The zero-order valence-corrected chi connectivity index (χ0v) is 21.3. The van der Waals surface area contributed by atoms with Crippen LogP contribution in [-0.4, -0.2) is 55.0 Å². The quantitative estimate of drug-likeness (QED) is 0.317. The third-order valence-electron chi connectivity index (χ3n) is 5.81. The molecular formula is C25H28ClN7O3. The summed E-state index contributed by atoms with van der Waals surface area (Å²) in [4.78, 5) is 22.8. The smallest absolute Gasteiger partial charge is 0.341 e. The Balaban J connectivity index is 0.00000361. The van der Waals surface area contributed by atoms with Gasteiger partial charge in [0.2, 0.25) is 5.82 Å². The van der Waals surface area contributed by atoms with Crippen LogP contribution in [0, 0.1) is 6.92 Å². The van der Waals surface area contributed by atoms with Crippen molar-refractivity contribution in [3.8, 4) is 22.5 Å². The van der Waals surface area contributed by atoms with E-state index in [0.29, 0.717) is 36.1 Å². The number of H-pyrrole nitrogens is 1. The number of benzene rings is 2. The molecular weight excluding hydrogens is 482 g/mol. The fraction of sp³-hybridized carbons (Fsp3) is 0.280. The Bertz CT molecular complexity index is 1310. The molecule has 0 aliphatic heterocycles. The van der Waals surface area contributed by atoms with Crippen LogP contribution < -0.4 is 4.90 Å². The van der Waals surface area contributed by atoms with E-state index < -0.39 is 12.2 Å². The second-order valence-electron chi connectivity index (χ2n) is 8.02. The summed E-state index contributed by atoms with van der Waals surface area (Å²) in [6, 6.07) is 15.9. The number of rotatable bonds is 9. The highest BCUT2D eigenvalue weighted by atomic mass is 35.5. The molecule has 4 rings (SSSR count). The van der Waals surface area contributed by atoms with Crippen molar-refractivity contribution in [2.75, 3.05) is 12.0 Å². The lowest BCUT2D eigenvalue weighted by Crippen LogP contribution is -2.36. The number of halogens is 1. The molecule has 188 valence electrons. The minimum atomic E-state index is -1.06. The molecule has 0 aliphatic carbocycles. The van der Waals surface area contributed by atoms with Gasteiger partial charge in [-0.2, -0.15) is 5.21 Å². The summed E-state index contributed by atoms with van der Waals surface area (Å²) in [5, 5.41) is 24.3. The second kappa shape index (κ2) is 11.7. The highest BCUT2D eigenvalue weighted by Gasteiger charge is 2.26. The first-order valence-corrected chi connectivity index (χ1v) is 11.2. The van der Waals surface area contributed by atoms with Gasteiger partial charge in [-0.3, -0.25) is 0 Å². The first-order chi connectivity index (χ1) is 16.9. The maximum atomic E-state index is 12.1. The zero-order chi connectivity index (χ0) is 24.9. The van der Waals surface area contributed by atoms with Gasteiger partial charge in [0.1, 0.15) is 23.4 Å². The molecule has 4 aromatic rings. The molecule has 0 aliphatic rings. The van der Waals surface area contributed by atoms with Gasteiger partial charge in [-0.1, -0.05) is 55.5 Å². The van der Waals surface area contributed by atoms with Crippen molar-refractivity contribution in [3.05, 3.63) is 71.2 Å². The van der Waals surface area contributed by atoms with Crippen molar-refractivity contribution in [2.24, 2.45) is 0 Å². The minimum Gasteiger partial charge on any atom is -0.477 e. The van der Waals surface area contributed by atoms with Crippen LogP contribution >= 0.6 is 12.4 Å². The number of methoxy groups -OCH3 is 1. The molecule has 11 heteroatoms. The van der Waals surface area contributed by atoms with Gasteiger partial charge in [0.15, 0.2) is 0 Å². The summed E-state index contributed by atoms with van der Waals surface area (Å²) in [5.41, 5.74) is 4.43. The van der Waals surface area contributed by atoms with Crippen LogP contribution in [0.15, 0.2) is 48.5 Å². The third kappa shape index (κ3) is 5.50. The van der Waals surface area contributed by atoms with E-state index in [1.165, 1.54) is 0 Å². The average Bonchev–Trinajstić information content (AvgIpc) is 3.41. The van der Waals surface area contributed by atoms with Crippen LogP contribution in [0.2, 0.25) is 0 Å². The molecule has 0 fully saturated rings. The van der Waals surface area contributed by atoms with Gasteiger partial charge in [0, 0.05) is 19.2 Å². The fourth-order valence-corrected chi connectivity index (χ4v) is 3.99. The largest absolute Gasteiger partial charge is 0.477 e. The summed E-state index contributed by atoms with van der Waals surface area (Å²) < 4.78 is 5.59. The van der Waals surface area contributed by atoms with Crippen LogP contribution in [0.5, 0.6) is 0 Å². The van der Waals surface area contributed by atoms with E-state index >= 15 is 0 Å². The number of nitrogens with zero attached hydrogens (tertiary/aromatic N) is 6. The van der Waals surface area contributed by atoms with E-state index in [1.54, 1.807) is 14.0 Å². The Hall–Kier alpha value is -3.89. The second-order valence-corrected chi connectivity index (χ2v) is 8.02. The Labute approximate surface area is 215 Å². The number of tetrazole rings is 1. The maximum Gasteiger partial charge on any atom is 0.341 e. The number of carbonyl (C=O) groups is 1. The zero-order valence-electron chi connectivity index (χ0n) is 20.5. The fourth-order valence-electron chi connectivity index (χ4n) is 3.99. The number of anilines is 1. The predicted molar refractivity (Wildman–Crippen MR) is 138 cm³/mol. The van der Waals surface area contributed by atoms with Crippen LogP contribution in [0.3, 0.4) is 0 Å². The molecule has 0 amide bonds. The third-order valence-corrected chi connectivity index (χ3v) is 5.81. The topological polar surface area (TPSA) is 130 Å². The highest BCUT2D eigenvalue weighted by molar-refractivity contribution is 5.94. The molecule has 2 aromatic carbocycles. The molecule has 2 heterocycles. The van der Waals surface area contributed by atoms with Crippen LogP contribution in [0.4, 0.5) is 5.82 Å². The Kier molecular flexibility index (Phi) is 8.68. The first kappa shape index (κ1) is 26.7. The number of aromatic nitrogens is 6. The van der Waals surface area contributed by atoms with E-state index in [-0.39, 0.29) is 18.0 Å². The molecule has 2 aromatic heterocycles. The number of aryl methyl sites for hydroxylation is 2. The monoisotopic (exact) mass is 509 g/mol. The molecule has 36 heavy (non-hydrogen) atoms. The number of ether oxygens (including phenoxy) is 1. The summed E-state index contributed by atoms with van der Waals surface area (Å²) in [7, 11) is 1.59. The van der Waals surface area contributed by atoms with E-state index in [4.69, 9.17) is 4.74 Å². The summed E-state index contributed by atoms with van der Waals surface area (Å²) in [5.74, 6) is 0.335. The number of aromatic amines is 1. The number of hydrogen-bond donors (Lipinski definition) is 2. The van der Waals surface area contributed by atoms with Gasteiger partial charge in [-0.25, -0.2) is 14.8 Å². The van der Waals surface area contributed by atoms with Gasteiger partial charge in [-0.05, 0) is 42.2 Å². The normalized spacial score (nSPS) is 11.6. The van der Waals surface area contributed by atoms with Crippen LogP contribution in [0.25, 0.3) is 22.5 Å². The molecule has 0 bridgehead atoms. The van der Waals surface area contributed by atoms with Gasteiger partial charge in [0.05, 0.1) is 5.69 Å². The lowest BCUT2D eigenvalue weighted by Gasteiger charge is -2.31. The van der Waals surface area contributed by atoms with Crippen LogP contribution in [-0.2, 0) is 17.7 Å². The van der Waals surface area contributed by atoms with E-state index in [0.717, 1.165) is 22.3 Å². The van der Waals surface area contributed by atoms with Crippen molar-refractivity contribution in [1.29, 1.82) is 0 Å². The molecule has 10 nitrogen and oxygen atoms in total. The van der Waals surface area contributed by atoms with Crippen molar-refractivity contribution in [3.63, 3.8) is 0 Å². The average molecular weight is 510 g/mol. The SMILES string of the molecule is CCc1nc(C)nc(N(Cc2ccc(-c3ccccc3-c3nn[nH]n3)cc2)C(C)OC)c1C(=O)O.Cl. The lowest BCUT2D eigenvalue weighted by molar-refractivity contribution is 0.0693. The molecule has 0 radical (unpaired) electrons. The minimum absolute atomic E-state index is 0. The number of aromatic carboxylic acids is 1. The number of nitrogens with one attached hydrogen (secondary N) is 1. The molecule has 1 atom stereocenters. The molecule has 0 saturated carbocycles. The Morgan fingerprint density at radius 3 is 2.39 bits per heavy atom. The van der Waals surface area contributed by atoms with Crippen molar-refractivity contribution < 1.29 is 14.6 Å². The van der Waals surface area contributed by atoms with Crippen LogP contribution in [0.1, 0.15) is 41.3 Å². The van der Waals surface area contributed by atoms with Gasteiger partial charge < -0.3 is 14.7 Å². The van der Waals surface area contributed by atoms with Crippen molar-refractivity contribution >= 4 is 24.2 Å². The predicted octanol–water partition coefficient (Wildman–Crippen LogP) is 4.31. The summed E-state index contributed by atoms with van der Waals surface area (Å²) >= 11 is 0. The van der Waals surface area contributed by atoms with Gasteiger partial charge >= 0.3 is 5.97 Å². The highest BCUT2D eigenvalue weighted by Crippen LogP contribution is 2.31. The molecule has 2 N–H and O–H groups in total. The van der Waals surface area contributed by atoms with Crippen molar-refractivity contribution in [2.45, 2.75) is 40.0 Å². The standard InChI is InChI=1S/C25H27N7O3.ClH/c1-5-21-22(25(33)34)24(27-15(2)26-21)32(16(3)35-4)14-17-10-12-18(13-11-17)19-8-6-7-9-20(19)23-28-30-31-29-23;/h6-13,16H,5,14H2,1-4H3,(H,33,34)(H,28,29,30,31);1H. The summed E-state index contributed by atoms with van der Waals surface area (Å²) in [6.45, 7) is 5.92. The number of carboxylic acid groups (broad SMARTS) is 1. The molecule has 0 spiro atoms. The maximum absolute atomic E-state index is 12.1. The van der Waals surface area contributed by atoms with E-state index in [2.05, 4.69) is 30.6 Å². The van der Waals surface area contributed by atoms with E-state index in [9.17, 15) is 9.90 Å². The molecule has 1 unspecified atom stereocenters.